The van der Waals surface area contributed by atoms with E-state index in [1.54, 1.807) is 24.3 Å². The Balaban J connectivity index is 1.73. The number of allylic oxidation sites excluding steroid dienone is 2. The second-order valence-corrected chi connectivity index (χ2v) is 8.05. The molecule has 1 N–H and O–H groups in total. The van der Waals surface area contributed by atoms with Crippen LogP contribution < -0.4 is 4.83 Å². The predicted octanol–water partition coefficient (Wildman–Crippen LogP) is 3.25. The Morgan fingerprint density at radius 2 is 1.91 bits per heavy atom. The molecule has 3 unspecified atom stereocenters. The molecule has 0 amide bonds. The van der Waals surface area contributed by atoms with Gasteiger partial charge in [-0.3, -0.25) is 0 Å². The van der Waals surface area contributed by atoms with Crippen LogP contribution >= 0.6 is 0 Å². The number of nitrogens with zero attached hydrogens (tertiary/aromatic N) is 1. The van der Waals surface area contributed by atoms with Crippen LogP contribution in [0.4, 0.5) is 0 Å². The first kappa shape index (κ1) is 15.3. The smallest absolute Gasteiger partial charge is 0.200 e. The van der Waals surface area contributed by atoms with E-state index in [0.717, 1.165) is 17.7 Å². The van der Waals surface area contributed by atoms with Crippen LogP contribution in [0.25, 0.3) is 0 Å². The van der Waals surface area contributed by atoms with Gasteiger partial charge in [0.2, 0.25) is 0 Å². The van der Waals surface area contributed by atoms with E-state index >= 15 is 0 Å². The summed E-state index contributed by atoms with van der Waals surface area (Å²) in [6.07, 6.45) is 8.09. The van der Waals surface area contributed by atoms with Crippen LogP contribution in [-0.2, 0) is 10.0 Å². The van der Waals surface area contributed by atoms with Crippen molar-refractivity contribution in [2.75, 3.05) is 0 Å². The van der Waals surface area contributed by atoms with Crippen molar-refractivity contribution in [2.24, 2.45) is 22.9 Å². The van der Waals surface area contributed by atoms with E-state index < -0.39 is 10.0 Å². The highest BCUT2D eigenvalue weighted by Crippen LogP contribution is 2.40. The van der Waals surface area contributed by atoms with Crippen LogP contribution in [0.3, 0.4) is 0 Å². The third-order valence-corrected chi connectivity index (χ3v) is 6.01. The second-order valence-electron chi connectivity index (χ2n) is 6.39. The highest BCUT2D eigenvalue weighted by molar-refractivity contribution is 7.89. The quantitative estimate of drug-likeness (QED) is 0.526. The SMILES string of the molecule is C/C(=N\NS(=O)(=O)c1ccc(C)cc1)C1CC2C=CC1CC2. The number of aryl methyl sites for hydroxylation is 1. The van der Waals surface area contributed by atoms with Crippen molar-refractivity contribution in [3.05, 3.63) is 42.0 Å². The van der Waals surface area contributed by atoms with Gasteiger partial charge in [-0.2, -0.15) is 13.5 Å². The van der Waals surface area contributed by atoms with E-state index in [1.165, 1.54) is 12.8 Å². The molecule has 22 heavy (non-hydrogen) atoms. The Morgan fingerprint density at radius 1 is 1.18 bits per heavy atom. The predicted molar refractivity (Wildman–Crippen MR) is 88.1 cm³/mol. The number of sulfonamides is 1. The summed E-state index contributed by atoms with van der Waals surface area (Å²) >= 11 is 0. The van der Waals surface area contributed by atoms with E-state index in [2.05, 4.69) is 22.1 Å². The van der Waals surface area contributed by atoms with Crippen molar-refractivity contribution in [2.45, 2.75) is 38.0 Å². The van der Waals surface area contributed by atoms with Crippen molar-refractivity contribution in [3.63, 3.8) is 0 Å². The van der Waals surface area contributed by atoms with Crippen molar-refractivity contribution in [1.82, 2.24) is 4.83 Å². The van der Waals surface area contributed by atoms with Gasteiger partial charge in [0.05, 0.1) is 4.90 Å². The third-order valence-electron chi connectivity index (χ3n) is 4.78. The molecule has 4 rings (SSSR count). The number of hydrogen-bond donors (Lipinski definition) is 1. The Labute approximate surface area is 132 Å². The number of benzene rings is 1. The molecule has 0 heterocycles. The summed E-state index contributed by atoms with van der Waals surface area (Å²) in [4.78, 5) is 2.64. The molecule has 2 bridgehead atoms. The van der Waals surface area contributed by atoms with Gasteiger partial charge in [-0.1, -0.05) is 29.8 Å². The highest BCUT2D eigenvalue weighted by atomic mass is 32.2. The summed E-state index contributed by atoms with van der Waals surface area (Å²) in [6.45, 7) is 3.86. The van der Waals surface area contributed by atoms with Gasteiger partial charge in [0.15, 0.2) is 0 Å². The molecule has 3 atom stereocenters. The van der Waals surface area contributed by atoms with E-state index in [0.29, 0.717) is 17.8 Å². The molecule has 1 saturated carbocycles. The summed E-state index contributed by atoms with van der Waals surface area (Å²) in [7, 11) is -3.58. The number of hydrogen-bond acceptors (Lipinski definition) is 3. The number of hydrazone groups is 1. The van der Waals surface area contributed by atoms with Gasteiger partial charge in [0.1, 0.15) is 0 Å². The van der Waals surface area contributed by atoms with Gasteiger partial charge in [-0.05, 0) is 57.1 Å². The molecular formula is C17H22N2O2S. The largest absolute Gasteiger partial charge is 0.276 e. The molecule has 1 aromatic rings. The maximum atomic E-state index is 12.3. The van der Waals surface area contributed by atoms with Gasteiger partial charge >= 0.3 is 0 Å². The Bertz CT molecular complexity index is 705. The van der Waals surface area contributed by atoms with Crippen LogP contribution in [0.2, 0.25) is 0 Å². The molecular weight excluding hydrogens is 296 g/mol. The summed E-state index contributed by atoms with van der Waals surface area (Å²) in [5, 5.41) is 4.18. The first-order chi connectivity index (χ1) is 10.5. The van der Waals surface area contributed by atoms with Gasteiger partial charge in [0, 0.05) is 11.6 Å². The maximum absolute atomic E-state index is 12.3. The zero-order valence-corrected chi connectivity index (χ0v) is 13.8. The van der Waals surface area contributed by atoms with E-state index in [-0.39, 0.29) is 4.90 Å². The standard InChI is InChI=1S/C17H22N2O2S/c1-12-3-9-16(10-4-12)22(20,21)19-18-13(2)17-11-14-5-7-15(17)8-6-14/h3-5,7,9-10,14-15,17,19H,6,8,11H2,1-2H3/b18-13+. The molecule has 0 aromatic heterocycles. The molecule has 4 nitrogen and oxygen atoms in total. The fraction of sp³-hybridized carbons (Fsp3) is 0.471. The monoisotopic (exact) mass is 318 g/mol. The molecule has 3 aliphatic carbocycles. The van der Waals surface area contributed by atoms with E-state index in [1.807, 2.05) is 13.8 Å². The number of nitrogens with one attached hydrogen (secondary N) is 1. The fourth-order valence-electron chi connectivity index (χ4n) is 3.40. The van der Waals surface area contributed by atoms with Crippen LogP contribution in [-0.4, -0.2) is 14.1 Å². The third kappa shape index (κ3) is 3.09. The van der Waals surface area contributed by atoms with Crippen LogP contribution in [0.5, 0.6) is 0 Å². The maximum Gasteiger partial charge on any atom is 0.276 e. The molecule has 0 spiro atoms. The fourth-order valence-corrected chi connectivity index (χ4v) is 4.26. The first-order valence-corrected chi connectivity index (χ1v) is 9.25. The zero-order chi connectivity index (χ0) is 15.7. The lowest BCUT2D eigenvalue weighted by atomic mass is 9.68. The summed E-state index contributed by atoms with van der Waals surface area (Å²) < 4.78 is 24.5. The molecule has 0 aliphatic heterocycles. The van der Waals surface area contributed by atoms with Gasteiger partial charge in [-0.15, -0.1) is 0 Å². The first-order valence-electron chi connectivity index (χ1n) is 7.77. The second kappa shape index (κ2) is 5.88. The Hall–Kier alpha value is -1.62. The number of rotatable bonds is 4. The lowest BCUT2D eigenvalue weighted by molar-refractivity contribution is 0.277. The normalized spacial score (nSPS) is 27.9. The minimum absolute atomic E-state index is 0.250. The minimum Gasteiger partial charge on any atom is -0.200 e. The summed E-state index contributed by atoms with van der Waals surface area (Å²) in [5.74, 6) is 1.51. The lowest BCUT2D eigenvalue weighted by Crippen LogP contribution is -2.33. The van der Waals surface area contributed by atoms with Crippen molar-refractivity contribution in [3.8, 4) is 0 Å². The van der Waals surface area contributed by atoms with Gasteiger partial charge in [-0.25, -0.2) is 4.83 Å². The molecule has 1 aromatic carbocycles. The van der Waals surface area contributed by atoms with Crippen LogP contribution in [0.1, 0.15) is 31.7 Å². The van der Waals surface area contributed by atoms with Crippen LogP contribution in [0, 0.1) is 24.7 Å². The van der Waals surface area contributed by atoms with E-state index in [4.69, 9.17) is 0 Å². The van der Waals surface area contributed by atoms with Crippen molar-refractivity contribution in [1.29, 1.82) is 0 Å². The van der Waals surface area contributed by atoms with Crippen molar-refractivity contribution < 1.29 is 8.42 Å². The number of fused-ring (bicyclic) bond motifs is 2. The Kier molecular flexibility index (Phi) is 4.08. The van der Waals surface area contributed by atoms with Gasteiger partial charge < -0.3 is 0 Å². The molecule has 1 fully saturated rings. The van der Waals surface area contributed by atoms with E-state index in [9.17, 15) is 8.42 Å². The van der Waals surface area contributed by atoms with Crippen molar-refractivity contribution >= 4 is 15.7 Å². The average molecular weight is 318 g/mol. The summed E-state index contributed by atoms with van der Waals surface area (Å²) in [6, 6.07) is 6.79. The molecule has 0 saturated heterocycles. The molecule has 5 heteroatoms. The molecule has 118 valence electrons. The summed E-state index contributed by atoms with van der Waals surface area (Å²) in [5.41, 5.74) is 1.92. The minimum atomic E-state index is -3.58. The molecule has 0 radical (unpaired) electrons. The topological polar surface area (TPSA) is 58.5 Å². The highest BCUT2D eigenvalue weighted by Gasteiger charge is 2.33. The lowest BCUT2D eigenvalue weighted by Gasteiger charge is -2.37. The molecule has 3 aliphatic rings. The van der Waals surface area contributed by atoms with Crippen LogP contribution in [0.15, 0.2) is 46.4 Å². The zero-order valence-electron chi connectivity index (χ0n) is 13.0. The van der Waals surface area contributed by atoms with Gasteiger partial charge in [0.25, 0.3) is 10.0 Å². The average Bonchev–Trinajstić information content (AvgIpc) is 2.54. The Morgan fingerprint density at radius 3 is 2.45 bits per heavy atom.